The van der Waals surface area contributed by atoms with Gasteiger partial charge in [-0.2, -0.15) is 0 Å². The van der Waals surface area contributed by atoms with Crippen LogP contribution in [0.4, 0.5) is 5.69 Å². The molecule has 1 unspecified atom stereocenters. The lowest BCUT2D eigenvalue weighted by molar-refractivity contribution is 0.127. The van der Waals surface area contributed by atoms with E-state index in [-0.39, 0.29) is 0 Å². The first-order chi connectivity index (χ1) is 7.65. The van der Waals surface area contributed by atoms with Gasteiger partial charge in [0, 0.05) is 19.0 Å². The molecule has 1 heterocycles. The number of anilines is 1. The second kappa shape index (κ2) is 6.86. The molecule has 0 amide bonds. The molecule has 0 aliphatic carbocycles. The molecule has 1 atom stereocenters. The molecule has 3 nitrogen and oxygen atoms in total. The molecular weight excluding hydrogens is 268 g/mol. The zero-order valence-electron chi connectivity index (χ0n) is 10.0. The molecule has 90 valence electrons. The van der Waals surface area contributed by atoms with E-state index in [4.69, 9.17) is 4.74 Å². The molecule has 0 aromatic carbocycles. The highest BCUT2D eigenvalue weighted by Gasteiger charge is 2.14. The number of hydrogen-bond acceptors (Lipinski definition) is 3. The van der Waals surface area contributed by atoms with Crippen LogP contribution < -0.4 is 5.32 Å². The van der Waals surface area contributed by atoms with E-state index in [1.807, 2.05) is 13.0 Å². The summed E-state index contributed by atoms with van der Waals surface area (Å²) in [4.78, 5) is 4.04. The third-order valence-electron chi connectivity index (χ3n) is 2.42. The van der Waals surface area contributed by atoms with Crippen molar-refractivity contribution in [3.05, 3.63) is 22.9 Å². The zero-order valence-corrected chi connectivity index (χ0v) is 11.6. The first kappa shape index (κ1) is 13.5. The number of ether oxygens (including phenoxy) is 1. The molecule has 1 aromatic heterocycles. The number of aromatic nitrogens is 1. The molecule has 0 saturated carbocycles. The van der Waals surface area contributed by atoms with E-state index in [1.165, 1.54) is 0 Å². The predicted octanol–water partition coefficient (Wildman–Crippen LogP) is 3.32. The highest BCUT2D eigenvalue weighted by atomic mass is 79.9. The van der Waals surface area contributed by atoms with Crippen molar-refractivity contribution in [3.63, 3.8) is 0 Å². The maximum Gasteiger partial charge on any atom is 0.0670 e. The standard InChI is InChI=1S/C12H19BrN2O/c1-4-16-8-12(9(2)3)15-11-5-6-14-7-10(11)13/h5-7,9,12H,4,8H2,1-3H3,(H,14,15). The van der Waals surface area contributed by atoms with Gasteiger partial charge in [-0.3, -0.25) is 4.98 Å². The van der Waals surface area contributed by atoms with E-state index in [1.54, 1.807) is 12.4 Å². The average Bonchev–Trinajstić information content (AvgIpc) is 2.26. The Kier molecular flexibility index (Phi) is 5.77. The summed E-state index contributed by atoms with van der Waals surface area (Å²) in [6, 6.07) is 2.28. The first-order valence-electron chi connectivity index (χ1n) is 5.59. The Morgan fingerprint density at radius 1 is 1.50 bits per heavy atom. The van der Waals surface area contributed by atoms with Gasteiger partial charge in [-0.25, -0.2) is 0 Å². The topological polar surface area (TPSA) is 34.1 Å². The lowest BCUT2D eigenvalue weighted by Crippen LogP contribution is -2.31. The Bertz CT molecular complexity index is 318. The van der Waals surface area contributed by atoms with Gasteiger partial charge in [0.15, 0.2) is 0 Å². The van der Waals surface area contributed by atoms with Crippen LogP contribution in [0.1, 0.15) is 20.8 Å². The maximum absolute atomic E-state index is 5.48. The highest BCUT2D eigenvalue weighted by molar-refractivity contribution is 9.10. The molecule has 0 fully saturated rings. The molecule has 1 aromatic rings. The van der Waals surface area contributed by atoms with Crippen molar-refractivity contribution in [2.45, 2.75) is 26.8 Å². The molecule has 0 aliphatic heterocycles. The Labute approximate surface area is 106 Å². The summed E-state index contributed by atoms with van der Waals surface area (Å²) in [6.07, 6.45) is 3.57. The van der Waals surface area contributed by atoms with Gasteiger partial charge in [0.05, 0.1) is 22.8 Å². The molecule has 4 heteroatoms. The zero-order chi connectivity index (χ0) is 12.0. The Balaban J connectivity index is 2.64. The summed E-state index contributed by atoms with van der Waals surface area (Å²) in [5.74, 6) is 0.520. The first-order valence-corrected chi connectivity index (χ1v) is 6.38. The molecule has 1 rings (SSSR count). The lowest BCUT2D eigenvalue weighted by Gasteiger charge is -2.23. The van der Waals surface area contributed by atoms with Gasteiger partial charge >= 0.3 is 0 Å². The van der Waals surface area contributed by atoms with Crippen molar-refractivity contribution < 1.29 is 4.74 Å². The van der Waals surface area contributed by atoms with Crippen LogP contribution in [0.25, 0.3) is 0 Å². The third-order valence-corrected chi connectivity index (χ3v) is 3.05. The van der Waals surface area contributed by atoms with Crippen LogP contribution in [-0.4, -0.2) is 24.2 Å². The maximum atomic E-state index is 5.48. The Morgan fingerprint density at radius 2 is 2.25 bits per heavy atom. The van der Waals surface area contributed by atoms with Crippen LogP contribution in [0.15, 0.2) is 22.9 Å². The molecule has 0 aliphatic rings. The summed E-state index contributed by atoms with van der Waals surface area (Å²) >= 11 is 3.48. The largest absolute Gasteiger partial charge is 0.380 e. The van der Waals surface area contributed by atoms with Crippen LogP contribution in [0, 0.1) is 5.92 Å². The second-order valence-electron chi connectivity index (χ2n) is 4.01. The lowest BCUT2D eigenvalue weighted by atomic mass is 10.1. The van der Waals surface area contributed by atoms with E-state index in [0.717, 1.165) is 23.4 Å². The van der Waals surface area contributed by atoms with Crippen molar-refractivity contribution in [1.29, 1.82) is 0 Å². The Morgan fingerprint density at radius 3 is 2.81 bits per heavy atom. The molecule has 0 bridgehead atoms. The van der Waals surface area contributed by atoms with Gasteiger partial charge in [-0.1, -0.05) is 13.8 Å². The van der Waals surface area contributed by atoms with Gasteiger partial charge in [0.25, 0.3) is 0 Å². The van der Waals surface area contributed by atoms with Crippen molar-refractivity contribution in [3.8, 4) is 0 Å². The van der Waals surface area contributed by atoms with Crippen molar-refractivity contribution >= 4 is 21.6 Å². The summed E-state index contributed by atoms with van der Waals surface area (Å²) in [5, 5.41) is 3.47. The van der Waals surface area contributed by atoms with E-state index < -0.39 is 0 Å². The van der Waals surface area contributed by atoms with Gasteiger partial charge < -0.3 is 10.1 Å². The SMILES string of the molecule is CCOCC(Nc1ccncc1Br)C(C)C. The van der Waals surface area contributed by atoms with Crippen LogP contribution in [-0.2, 0) is 4.74 Å². The summed E-state index contributed by atoms with van der Waals surface area (Å²) in [7, 11) is 0. The monoisotopic (exact) mass is 286 g/mol. The molecule has 0 radical (unpaired) electrons. The average molecular weight is 287 g/mol. The number of nitrogens with one attached hydrogen (secondary N) is 1. The van der Waals surface area contributed by atoms with Gasteiger partial charge in [0.2, 0.25) is 0 Å². The van der Waals surface area contributed by atoms with Crippen molar-refractivity contribution in [2.24, 2.45) is 5.92 Å². The minimum Gasteiger partial charge on any atom is -0.380 e. The summed E-state index contributed by atoms with van der Waals surface area (Å²) < 4.78 is 6.46. The number of halogens is 1. The molecule has 0 spiro atoms. The molecule has 1 N–H and O–H groups in total. The molecule has 0 saturated heterocycles. The van der Waals surface area contributed by atoms with E-state index in [2.05, 4.69) is 40.1 Å². The Hall–Kier alpha value is -0.610. The van der Waals surface area contributed by atoms with Crippen molar-refractivity contribution in [2.75, 3.05) is 18.5 Å². The van der Waals surface area contributed by atoms with Crippen LogP contribution in [0.2, 0.25) is 0 Å². The van der Waals surface area contributed by atoms with Gasteiger partial charge in [0.1, 0.15) is 0 Å². The fourth-order valence-corrected chi connectivity index (χ4v) is 1.70. The number of rotatable bonds is 6. The van der Waals surface area contributed by atoms with Crippen LogP contribution >= 0.6 is 15.9 Å². The minimum absolute atomic E-state index is 0.318. The number of nitrogens with zero attached hydrogens (tertiary/aromatic N) is 1. The van der Waals surface area contributed by atoms with Gasteiger partial charge in [-0.15, -0.1) is 0 Å². The summed E-state index contributed by atoms with van der Waals surface area (Å²) in [6.45, 7) is 7.86. The number of pyridine rings is 1. The van der Waals surface area contributed by atoms with E-state index in [9.17, 15) is 0 Å². The molecular formula is C12H19BrN2O. The molecule has 16 heavy (non-hydrogen) atoms. The highest BCUT2D eigenvalue weighted by Crippen LogP contribution is 2.22. The van der Waals surface area contributed by atoms with Crippen LogP contribution in [0.3, 0.4) is 0 Å². The minimum atomic E-state index is 0.318. The third kappa shape index (κ3) is 4.10. The normalized spacial score (nSPS) is 12.8. The van der Waals surface area contributed by atoms with Gasteiger partial charge in [-0.05, 0) is 34.8 Å². The van der Waals surface area contributed by atoms with Crippen LogP contribution in [0.5, 0.6) is 0 Å². The van der Waals surface area contributed by atoms with E-state index >= 15 is 0 Å². The fourth-order valence-electron chi connectivity index (χ4n) is 1.34. The quantitative estimate of drug-likeness (QED) is 0.871. The summed E-state index contributed by atoms with van der Waals surface area (Å²) in [5.41, 5.74) is 1.06. The fraction of sp³-hybridized carbons (Fsp3) is 0.583. The van der Waals surface area contributed by atoms with E-state index in [0.29, 0.717) is 12.0 Å². The predicted molar refractivity (Wildman–Crippen MR) is 70.7 cm³/mol. The second-order valence-corrected chi connectivity index (χ2v) is 4.86. The van der Waals surface area contributed by atoms with Crippen molar-refractivity contribution in [1.82, 2.24) is 4.98 Å². The smallest absolute Gasteiger partial charge is 0.0670 e. The number of hydrogen-bond donors (Lipinski definition) is 1.